The molecule has 1 aromatic carbocycles. The molecule has 0 amide bonds. The molecule has 6 heteroatoms. The van der Waals surface area contributed by atoms with Gasteiger partial charge in [-0.3, -0.25) is 9.80 Å². The van der Waals surface area contributed by atoms with Crippen LogP contribution in [0.3, 0.4) is 0 Å². The molecule has 1 aromatic rings. The number of methoxy groups -OCH3 is 1. The topological polar surface area (TPSA) is 49.9 Å². The third-order valence-corrected chi connectivity index (χ3v) is 7.06. The van der Waals surface area contributed by atoms with Crippen LogP contribution in [0.25, 0.3) is 0 Å². The van der Waals surface area contributed by atoms with E-state index in [0.717, 1.165) is 32.6 Å². The van der Waals surface area contributed by atoms with Crippen molar-refractivity contribution in [1.82, 2.24) is 9.80 Å². The average Bonchev–Trinajstić information content (AvgIpc) is 2.90. The van der Waals surface area contributed by atoms with Crippen molar-refractivity contribution in [2.75, 3.05) is 44.9 Å². The Labute approximate surface area is 145 Å². The van der Waals surface area contributed by atoms with Gasteiger partial charge < -0.3 is 4.74 Å². The van der Waals surface area contributed by atoms with Gasteiger partial charge in [-0.1, -0.05) is 31.2 Å². The Morgan fingerprint density at radius 1 is 1.08 bits per heavy atom. The van der Waals surface area contributed by atoms with Crippen LogP contribution in [0, 0.1) is 0 Å². The van der Waals surface area contributed by atoms with Gasteiger partial charge in [-0.25, -0.2) is 8.42 Å². The molecule has 5 nitrogen and oxygen atoms in total. The van der Waals surface area contributed by atoms with Crippen LogP contribution in [0.5, 0.6) is 0 Å². The number of aryl methyl sites for hydroxylation is 1. The summed E-state index contributed by atoms with van der Waals surface area (Å²) >= 11 is 0. The predicted molar refractivity (Wildman–Crippen MR) is 95.9 cm³/mol. The van der Waals surface area contributed by atoms with Gasteiger partial charge in [0.1, 0.15) is 0 Å². The van der Waals surface area contributed by atoms with E-state index in [4.69, 9.17) is 4.74 Å². The Morgan fingerprint density at radius 3 is 2.38 bits per heavy atom. The third kappa shape index (κ3) is 3.82. The number of ether oxygens (including phenoxy) is 1. The Balaban J connectivity index is 1.78. The highest BCUT2D eigenvalue weighted by molar-refractivity contribution is 7.91. The first kappa shape index (κ1) is 17.9. The molecular formula is C18H28N2O3S. The molecular weight excluding hydrogens is 324 g/mol. The second kappa shape index (κ2) is 7.52. The zero-order chi connectivity index (χ0) is 17.2. The maximum absolute atomic E-state index is 12.3. The zero-order valence-electron chi connectivity index (χ0n) is 14.6. The Bertz CT molecular complexity index is 662. The average molecular weight is 353 g/mol. The number of piperazine rings is 1. The number of benzene rings is 1. The van der Waals surface area contributed by atoms with Crippen LogP contribution < -0.4 is 0 Å². The first-order chi connectivity index (χ1) is 11.5. The van der Waals surface area contributed by atoms with Crippen molar-refractivity contribution >= 4 is 9.84 Å². The molecule has 2 atom stereocenters. The zero-order valence-corrected chi connectivity index (χ0v) is 15.5. The molecule has 0 bridgehead atoms. The fourth-order valence-electron chi connectivity index (χ4n) is 4.05. The van der Waals surface area contributed by atoms with E-state index in [0.29, 0.717) is 6.61 Å². The van der Waals surface area contributed by atoms with Crippen molar-refractivity contribution in [3.8, 4) is 0 Å². The maximum Gasteiger partial charge on any atom is 0.153 e. The van der Waals surface area contributed by atoms with E-state index in [2.05, 4.69) is 41.0 Å². The molecule has 0 N–H and O–H groups in total. The minimum absolute atomic E-state index is 0.102. The summed E-state index contributed by atoms with van der Waals surface area (Å²) in [5.41, 5.74) is 2.69. The van der Waals surface area contributed by atoms with E-state index in [1.807, 2.05) is 0 Å². The highest BCUT2D eigenvalue weighted by atomic mass is 32.2. The minimum atomic E-state index is -2.95. The molecule has 0 unspecified atom stereocenters. The first-order valence-corrected chi connectivity index (χ1v) is 10.6. The van der Waals surface area contributed by atoms with Gasteiger partial charge >= 0.3 is 0 Å². The number of hydrogen-bond donors (Lipinski definition) is 0. The minimum Gasteiger partial charge on any atom is -0.383 e. The van der Waals surface area contributed by atoms with Crippen LogP contribution in [0.1, 0.15) is 18.1 Å². The number of sulfone groups is 1. The molecule has 0 saturated carbocycles. The Morgan fingerprint density at radius 2 is 1.71 bits per heavy atom. The van der Waals surface area contributed by atoms with Gasteiger partial charge in [-0.15, -0.1) is 0 Å². The van der Waals surface area contributed by atoms with Gasteiger partial charge in [-0.05, 0) is 17.5 Å². The lowest BCUT2D eigenvalue weighted by molar-refractivity contribution is 0.0251. The van der Waals surface area contributed by atoms with Crippen molar-refractivity contribution in [2.45, 2.75) is 32.0 Å². The van der Waals surface area contributed by atoms with Crippen molar-refractivity contribution in [2.24, 2.45) is 0 Å². The highest BCUT2D eigenvalue weighted by Gasteiger charge is 2.46. The van der Waals surface area contributed by atoms with Crippen LogP contribution in [0.4, 0.5) is 0 Å². The lowest BCUT2D eigenvalue weighted by atomic mass is 10.0. The Kier molecular flexibility index (Phi) is 5.59. The second-order valence-corrected chi connectivity index (χ2v) is 8.99. The van der Waals surface area contributed by atoms with Gasteiger partial charge in [-0.2, -0.15) is 0 Å². The lowest BCUT2D eigenvalue weighted by Crippen LogP contribution is -2.59. The van der Waals surface area contributed by atoms with Crippen molar-refractivity contribution < 1.29 is 13.2 Å². The molecule has 0 aromatic heterocycles. The van der Waals surface area contributed by atoms with E-state index in [9.17, 15) is 8.42 Å². The van der Waals surface area contributed by atoms with Crippen LogP contribution in [0.2, 0.25) is 0 Å². The molecule has 0 spiro atoms. The largest absolute Gasteiger partial charge is 0.383 e. The summed E-state index contributed by atoms with van der Waals surface area (Å²) in [6.45, 7) is 6.31. The smallest absolute Gasteiger partial charge is 0.153 e. The molecule has 3 rings (SSSR count). The fourth-order valence-corrected chi connectivity index (χ4v) is 6.10. The second-order valence-electron chi connectivity index (χ2n) is 6.83. The number of fused-ring (bicyclic) bond motifs is 1. The molecule has 2 aliphatic heterocycles. The van der Waals surface area contributed by atoms with Gasteiger partial charge in [0.25, 0.3) is 0 Å². The monoisotopic (exact) mass is 352 g/mol. The summed E-state index contributed by atoms with van der Waals surface area (Å²) < 4.78 is 29.7. The van der Waals surface area contributed by atoms with E-state index < -0.39 is 9.84 Å². The summed E-state index contributed by atoms with van der Waals surface area (Å²) in [6.07, 6.45) is 1.01. The Hall–Kier alpha value is -0.950. The number of rotatable bonds is 6. The molecule has 0 aliphatic carbocycles. The van der Waals surface area contributed by atoms with E-state index in [-0.39, 0.29) is 23.6 Å². The van der Waals surface area contributed by atoms with Gasteiger partial charge in [0.2, 0.25) is 0 Å². The summed E-state index contributed by atoms with van der Waals surface area (Å²) in [6, 6.07) is 8.71. The maximum atomic E-state index is 12.3. The van der Waals surface area contributed by atoms with E-state index in [1.165, 1.54) is 11.1 Å². The highest BCUT2D eigenvalue weighted by Crippen LogP contribution is 2.28. The molecule has 134 valence electrons. The van der Waals surface area contributed by atoms with Crippen molar-refractivity contribution in [3.05, 3.63) is 35.4 Å². The number of hydrogen-bond acceptors (Lipinski definition) is 5. The van der Waals surface area contributed by atoms with Gasteiger partial charge in [0, 0.05) is 45.4 Å². The van der Waals surface area contributed by atoms with Crippen LogP contribution >= 0.6 is 0 Å². The summed E-state index contributed by atoms with van der Waals surface area (Å²) in [5.74, 6) is 0.572. The van der Waals surface area contributed by atoms with Crippen LogP contribution in [0.15, 0.2) is 24.3 Å². The lowest BCUT2D eigenvalue weighted by Gasteiger charge is -2.44. The van der Waals surface area contributed by atoms with Gasteiger partial charge in [0.15, 0.2) is 9.84 Å². The fraction of sp³-hybridized carbons (Fsp3) is 0.667. The molecule has 24 heavy (non-hydrogen) atoms. The molecule has 2 fully saturated rings. The van der Waals surface area contributed by atoms with Crippen molar-refractivity contribution in [3.63, 3.8) is 0 Å². The predicted octanol–water partition coefficient (Wildman–Crippen LogP) is 1.18. The van der Waals surface area contributed by atoms with E-state index >= 15 is 0 Å². The van der Waals surface area contributed by atoms with Crippen LogP contribution in [-0.2, 0) is 27.5 Å². The first-order valence-electron chi connectivity index (χ1n) is 8.78. The standard InChI is InChI=1S/C18H28N2O3S/c1-3-15-6-4-5-7-16(15)12-20-9-8-19(10-11-23-2)17-13-24(21,22)14-18(17)20/h4-7,17-18H,3,8-14H2,1-2H3/t17-,18+/m1/s1. The quantitative estimate of drug-likeness (QED) is 0.769. The summed E-state index contributed by atoms with van der Waals surface area (Å²) in [7, 11) is -1.26. The van der Waals surface area contributed by atoms with Gasteiger partial charge in [0.05, 0.1) is 18.1 Å². The molecule has 2 saturated heterocycles. The molecule has 2 heterocycles. The van der Waals surface area contributed by atoms with Crippen molar-refractivity contribution in [1.29, 1.82) is 0 Å². The SMILES string of the molecule is CCc1ccccc1CN1CCN(CCOC)[C@@H]2CS(=O)(=O)C[C@@H]21. The normalized spacial score (nSPS) is 27.2. The number of nitrogens with zero attached hydrogens (tertiary/aromatic N) is 2. The molecule has 2 aliphatic rings. The third-order valence-electron chi connectivity index (χ3n) is 5.36. The summed E-state index contributed by atoms with van der Waals surface area (Å²) in [5, 5.41) is 0. The van der Waals surface area contributed by atoms with E-state index in [1.54, 1.807) is 7.11 Å². The molecule has 0 radical (unpaired) electrons. The van der Waals surface area contributed by atoms with Crippen LogP contribution in [-0.4, -0.2) is 75.2 Å². The summed E-state index contributed by atoms with van der Waals surface area (Å²) in [4.78, 5) is 4.69.